The van der Waals surface area contributed by atoms with Crippen LogP contribution in [0.3, 0.4) is 0 Å². The van der Waals surface area contributed by atoms with Gasteiger partial charge in [-0.3, -0.25) is 0 Å². The number of nitrogens with zero attached hydrogens (tertiary/aromatic N) is 1. The number of thiocarbonyl (C=S) groups is 1. The molecule has 0 fully saturated rings. The van der Waals surface area contributed by atoms with Crippen LogP contribution in [0.2, 0.25) is 0 Å². The summed E-state index contributed by atoms with van der Waals surface area (Å²) in [5, 5.41) is 0. The number of benzene rings is 1. The van der Waals surface area contributed by atoms with Gasteiger partial charge in [0.1, 0.15) is 11.3 Å². The van der Waals surface area contributed by atoms with Gasteiger partial charge in [0.05, 0.1) is 23.1 Å². The highest BCUT2D eigenvalue weighted by atomic mass is 32.1. The van der Waals surface area contributed by atoms with E-state index in [1.54, 1.807) is 0 Å². The molecule has 16 heteroatoms. The molecule has 1 aromatic carbocycles. The lowest BCUT2D eigenvalue weighted by Gasteiger charge is -2.23. The molecule has 0 aliphatic rings. The number of rotatable bonds is 6. The third kappa shape index (κ3) is 5.67. The van der Waals surface area contributed by atoms with Crippen LogP contribution in [-0.4, -0.2) is 22.9 Å². The Balaban J connectivity index is 3.18. The van der Waals surface area contributed by atoms with Crippen molar-refractivity contribution in [3.63, 3.8) is 0 Å². The molecule has 0 spiro atoms. The number of hydrogen-bond donors (Lipinski definition) is 0. The Hall–Kier alpha value is -2.91. The Bertz CT molecular complexity index is 1220. The van der Waals surface area contributed by atoms with Crippen LogP contribution >= 0.6 is 12.2 Å². The monoisotopic (exact) mass is 571 g/mol. The number of pyridine rings is 1. The highest BCUT2D eigenvalue weighted by Gasteiger charge is 2.46. The van der Waals surface area contributed by atoms with Crippen LogP contribution < -0.4 is 0 Å². The maximum atomic E-state index is 14.6. The zero-order valence-electron chi connectivity index (χ0n) is 18.6. The van der Waals surface area contributed by atoms with Crippen LogP contribution in [0.25, 0.3) is 0 Å². The molecule has 1 aromatic heterocycles. The fourth-order valence-corrected chi connectivity index (χ4v) is 3.81. The quantitative estimate of drug-likeness (QED) is 0.119. The number of alkyl halides is 8. The maximum absolute atomic E-state index is 14.6. The molecule has 2 rings (SSSR count). The van der Waals surface area contributed by atoms with Crippen molar-refractivity contribution < 1.29 is 62.2 Å². The molecule has 0 amide bonds. The van der Waals surface area contributed by atoms with E-state index in [-0.39, 0.29) is 0 Å². The van der Waals surface area contributed by atoms with E-state index in [4.69, 9.17) is 0 Å². The summed E-state index contributed by atoms with van der Waals surface area (Å²) in [6, 6.07) is 0. The van der Waals surface area contributed by atoms with Crippen LogP contribution in [0.15, 0.2) is 0 Å². The third-order valence-electron chi connectivity index (χ3n) is 4.81. The average Bonchev–Trinajstić information content (AvgIpc) is 2.74. The van der Waals surface area contributed by atoms with Crippen LogP contribution in [0.1, 0.15) is 64.3 Å². The van der Waals surface area contributed by atoms with Crippen LogP contribution in [-0.2, 0) is 23.5 Å². The van der Waals surface area contributed by atoms with E-state index in [2.05, 4.69) is 21.9 Å². The standard InChI is InChI=1S/C21H13F12NO2S/c1-5(2)4-6-7(19(35)36-3)15(18(26)27)34-17(21(31,32)33)8(6)16(37)9-11(22)13(24)10(20(28,29)30)14(25)12(9)23/h5,18H,4H2,1-3H3. The lowest BCUT2D eigenvalue weighted by molar-refractivity contribution is -0.143. The van der Waals surface area contributed by atoms with Crippen molar-refractivity contribution in [1.29, 1.82) is 0 Å². The van der Waals surface area contributed by atoms with E-state index in [1.807, 2.05) is 0 Å². The smallest absolute Gasteiger partial charge is 0.434 e. The third-order valence-corrected chi connectivity index (χ3v) is 5.22. The highest BCUT2D eigenvalue weighted by Crippen LogP contribution is 2.42. The zero-order valence-corrected chi connectivity index (χ0v) is 19.4. The van der Waals surface area contributed by atoms with Gasteiger partial charge >= 0.3 is 18.3 Å². The van der Waals surface area contributed by atoms with E-state index in [0.29, 0.717) is 7.11 Å². The van der Waals surface area contributed by atoms with Gasteiger partial charge in [-0.2, -0.15) is 26.3 Å². The summed E-state index contributed by atoms with van der Waals surface area (Å²) in [7, 11) is 0.659. The SMILES string of the molecule is COC(=O)c1c(C(F)F)nc(C(F)(F)F)c(C(=S)c2c(F)c(F)c(C(F)(F)F)c(F)c2F)c1CC(C)C. The predicted molar refractivity (Wildman–Crippen MR) is 106 cm³/mol. The van der Waals surface area contributed by atoms with Crippen molar-refractivity contribution in [3.05, 3.63) is 62.5 Å². The number of halogens is 12. The van der Waals surface area contributed by atoms with Gasteiger partial charge in [-0.25, -0.2) is 36.1 Å². The summed E-state index contributed by atoms with van der Waals surface area (Å²) in [6.07, 6.45) is -16.2. The van der Waals surface area contributed by atoms with Crippen LogP contribution in [0, 0.1) is 29.2 Å². The Kier molecular flexibility index (Phi) is 8.57. The maximum Gasteiger partial charge on any atom is 0.434 e. The van der Waals surface area contributed by atoms with Crippen molar-refractivity contribution >= 4 is 23.1 Å². The van der Waals surface area contributed by atoms with Crippen molar-refractivity contribution in [2.45, 2.75) is 39.0 Å². The summed E-state index contributed by atoms with van der Waals surface area (Å²) < 4.78 is 170. The summed E-state index contributed by atoms with van der Waals surface area (Å²) in [5.74, 6) is -14.1. The summed E-state index contributed by atoms with van der Waals surface area (Å²) in [4.78, 5) is 13.2. The first-order chi connectivity index (χ1) is 16.8. The number of methoxy groups -OCH3 is 1. The van der Waals surface area contributed by atoms with Gasteiger partial charge in [-0.1, -0.05) is 26.1 Å². The molecule has 0 aliphatic heterocycles. The van der Waals surface area contributed by atoms with Gasteiger partial charge in [0.25, 0.3) is 6.43 Å². The molecule has 0 N–H and O–H groups in total. The lowest BCUT2D eigenvalue weighted by atomic mass is 9.87. The van der Waals surface area contributed by atoms with Crippen molar-refractivity contribution in [2.75, 3.05) is 7.11 Å². The van der Waals surface area contributed by atoms with Crippen LogP contribution in [0.4, 0.5) is 52.7 Å². The van der Waals surface area contributed by atoms with Gasteiger partial charge in [0.15, 0.2) is 29.0 Å². The van der Waals surface area contributed by atoms with E-state index >= 15 is 0 Å². The second-order valence-corrected chi connectivity index (χ2v) is 8.20. The van der Waals surface area contributed by atoms with E-state index in [0.717, 1.165) is 0 Å². The molecule has 204 valence electrons. The molecule has 0 bridgehead atoms. The van der Waals surface area contributed by atoms with Crippen LogP contribution in [0.5, 0.6) is 0 Å². The van der Waals surface area contributed by atoms with E-state index < -0.39 is 104 Å². The summed E-state index contributed by atoms with van der Waals surface area (Å²) in [6.45, 7) is 2.64. The molecule has 0 radical (unpaired) electrons. The van der Waals surface area contributed by atoms with Gasteiger partial charge in [0, 0.05) is 5.56 Å². The second kappa shape index (κ2) is 10.5. The average molecular weight is 571 g/mol. The molecule has 37 heavy (non-hydrogen) atoms. The molecule has 2 aromatic rings. The van der Waals surface area contributed by atoms with Gasteiger partial charge < -0.3 is 4.74 Å². The van der Waals surface area contributed by atoms with Crippen molar-refractivity contribution in [2.24, 2.45) is 5.92 Å². The van der Waals surface area contributed by atoms with E-state index in [1.165, 1.54) is 13.8 Å². The molecule has 0 saturated heterocycles. The molecule has 1 heterocycles. The van der Waals surface area contributed by atoms with Gasteiger partial charge in [-0.05, 0) is 17.9 Å². The van der Waals surface area contributed by atoms with Gasteiger partial charge in [0.2, 0.25) is 0 Å². The molecule has 0 unspecified atom stereocenters. The first kappa shape index (κ1) is 30.3. The highest BCUT2D eigenvalue weighted by molar-refractivity contribution is 7.81. The number of ether oxygens (including phenoxy) is 1. The molecular weight excluding hydrogens is 558 g/mol. The molecule has 3 nitrogen and oxygen atoms in total. The lowest BCUT2D eigenvalue weighted by Crippen LogP contribution is -2.26. The summed E-state index contributed by atoms with van der Waals surface area (Å²) >= 11 is 4.63. The minimum absolute atomic E-state index is 0.659. The number of hydrogen-bond acceptors (Lipinski definition) is 4. The first-order valence-corrected chi connectivity index (χ1v) is 10.2. The Morgan fingerprint density at radius 3 is 1.70 bits per heavy atom. The molecular formula is C21H13F12NO2S. The van der Waals surface area contributed by atoms with Gasteiger partial charge in [-0.15, -0.1) is 0 Å². The Labute approximate surface area is 205 Å². The predicted octanol–water partition coefficient (Wildman–Crippen LogP) is 7.36. The largest absolute Gasteiger partial charge is 0.465 e. The minimum atomic E-state index is -5.96. The zero-order chi connectivity index (χ0) is 28.8. The molecule has 0 aliphatic carbocycles. The molecule has 0 atom stereocenters. The van der Waals surface area contributed by atoms with Crippen molar-refractivity contribution in [3.8, 4) is 0 Å². The van der Waals surface area contributed by atoms with Crippen molar-refractivity contribution in [1.82, 2.24) is 4.98 Å². The first-order valence-electron chi connectivity index (χ1n) is 9.75. The topological polar surface area (TPSA) is 39.2 Å². The fourth-order valence-electron chi connectivity index (χ4n) is 3.41. The fraction of sp³-hybridized carbons (Fsp3) is 0.381. The number of carbonyl (C=O) groups excluding carboxylic acids is 1. The minimum Gasteiger partial charge on any atom is -0.465 e. The number of esters is 1. The number of aromatic nitrogens is 1. The Morgan fingerprint density at radius 1 is 0.865 bits per heavy atom. The molecule has 0 saturated carbocycles. The number of carbonyl (C=O) groups is 1. The normalized spacial score (nSPS) is 12.5. The summed E-state index contributed by atoms with van der Waals surface area (Å²) in [5.41, 5.74) is -13.2. The second-order valence-electron chi connectivity index (χ2n) is 7.80. The Morgan fingerprint density at radius 2 is 1.35 bits per heavy atom. The van der Waals surface area contributed by atoms with E-state index in [9.17, 15) is 57.5 Å².